The standard InChI is InChI=1S/C12H25NO3S2/c1-11(2)10-12(16-18(13,14)15)8-6-7-9-17(3,4)5/h11-12H,6,8,10H2,1-5H3,(H2,13,14,15). The van der Waals surface area contributed by atoms with E-state index >= 15 is 0 Å². The predicted molar refractivity (Wildman–Crippen MR) is 79.8 cm³/mol. The van der Waals surface area contributed by atoms with Crippen molar-refractivity contribution in [2.24, 2.45) is 11.1 Å². The van der Waals surface area contributed by atoms with E-state index in [1.54, 1.807) is 0 Å². The van der Waals surface area contributed by atoms with Gasteiger partial charge in [-0.3, -0.25) is 4.18 Å². The van der Waals surface area contributed by atoms with Gasteiger partial charge in [-0.25, -0.2) is 5.14 Å². The summed E-state index contributed by atoms with van der Waals surface area (Å²) in [5, 5.41) is 8.09. The zero-order chi connectivity index (χ0) is 14.4. The van der Waals surface area contributed by atoms with E-state index in [-0.39, 0.29) is 6.10 Å². The molecule has 0 fully saturated rings. The molecule has 0 saturated carbocycles. The van der Waals surface area contributed by atoms with Crippen molar-refractivity contribution in [2.75, 3.05) is 18.8 Å². The van der Waals surface area contributed by atoms with E-state index in [0.29, 0.717) is 25.2 Å². The fourth-order valence-corrected chi connectivity index (χ4v) is 2.51. The summed E-state index contributed by atoms with van der Waals surface area (Å²) in [5.41, 5.74) is 0. The SMILES string of the molecule is CC(C)CC(CCC#CS(C)(C)C)OS(N)(=O)=O. The molecule has 1 unspecified atom stereocenters. The summed E-state index contributed by atoms with van der Waals surface area (Å²) >= 11 is 0. The van der Waals surface area contributed by atoms with E-state index in [1.807, 2.05) is 13.8 Å². The van der Waals surface area contributed by atoms with Crippen LogP contribution in [0.5, 0.6) is 0 Å². The third-order valence-electron chi connectivity index (χ3n) is 1.97. The minimum absolute atomic E-state index is 0.359. The molecule has 0 aromatic carbocycles. The number of hydrogen-bond donors (Lipinski definition) is 1. The van der Waals surface area contributed by atoms with Gasteiger partial charge in [0.15, 0.2) is 0 Å². The molecule has 0 amide bonds. The summed E-state index contributed by atoms with van der Waals surface area (Å²) in [6, 6.07) is 0. The molecular weight excluding hydrogens is 270 g/mol. The topological polar surface area (TPSA) is 69.4 Å². The van der Waals surface area contributed by atoms with Crippen molar-refractivity contribution in [3.05, 3.63) is 0 Å². The lowest BCUT2D eigenvalue weighted by atomic mass is 10.0. The van der Waals surface area contributed by atoms with Crippen LogP contribution < -0.4 is 5.14 Å². The zero-order valence-electron chi connectivity index (χ0n) is 11.9. The molecular formula is C12H25NO3S2. The van der Waals surface area contributed by atoms with E-state index in [9.17, 15) is 8.42 Å². The van der Waals surface area contributed by atoms with Crippen molar-refractivity contribution >= 4 is 20.3 Å². The lowest BCUT2D eigenvalue weighted by Crippen LogP contribution is -2.25. The first kappa shape index (κ1) is 17.8. The van der Waals surface area contributed by atoms with Crippen LogP contribution in [0.2, 0.25) is 0 Å². The third kappa shape index (κ3) is 12.2. The largest absolute Gasteiger partial charge is 0.333 e. The van der Waals surface area contributed by atoms with Crippen LogP contribution in [0.4, 0.5) is 0 Å². The Balaban J connectivity index is 4.37. The van der Waals surface area contributed by atoms with Crippen LogP contribution in [0.3, 0.4) is 0 Å². The maximum Gasteiger partial charge on any atom is 0.333 e. The zero-order valence-corrected chi connectivity index (χ0v) is 13.5. The maximum absolute atomic E-state index is 10.9. The number of rotatable bonds is 6. The van der Waals surface area contributed by atoms with Crippen LogP contribution in [0.15, 0.2) is 0 Å². The highest BCUT2D eigenvalue weighted by molar-refractivity contribution is 8.35. The molecule has 0 radical (unpaired) electrons. The van der Waals surface area contributed by atoms with E-state index in [2.05, 4.69) is 29.9 Å². The van der Waals surface area contributed by atoms with Crippen molar-refractivity contribution in [1.82, 2.24) is 0 Å². The summed E-state index contributed by atoms with van der Waals surface area (Å²) in [4.78, 5) is 0. The van der Waals surface area contributed by atoms with Gasteiger partial charge in [0.2, 0.25) is 0 Å². The van der Waals surface area contributed by atoms with Crippen molar-refractivity contribution in [1.29, 1.82) is 0 Å². The van der Waals surface area contributed by atoms with E-state index in [4.69, 9.17) is 9.32 Å². The second-order valence-electron chi connectivity index (χ2n) is 5.50. The highest BCUT2D eigenvalue weighted by Gasteiger charge is 2.16. The second kappa shape index (κ2) is 7.39. The van der Waals surface area contributed by atoms with E-state index in [1.165, 1.54) is 0 Å². The maximum atomic E-state index is 10.9. The monoisotopic (exact) mass is 295 g/mol. The smallest absolute Gasteiger partial charge is 0.255 e. The summed E-state index contributed by atoms with van der Waals surface area (Å²) in [7, 11) is -4.70. The third-order valence-corrected chi connectivity index (χ3v) is 3.27. The number of nitrogens with two attached hydrogens (primary N) is 1. The Morgan fingerprint density at radius 2 is 1.78 bits per heavy atom. The molecule has 0 aromatic rings. The molecule has 0 spiro atoms. The van der Waals surface area contributed by atoms with Crippen LogP contribution >= 0.6 is 10.0 Å². The van der Waals surface area contributed by atoms with Crippen LogP contribution in [-0.4, -0.2) is 33.3 Å². The van der Waals surface area contributed by atoms with Crippen molar-refractivity contribution < 1.29 is 12.6 Å². The molecule has 0 rings (SSSR count). The van der Waals surface area contributed by atoms with Crippen molar-refractivity contribution in [3.63, 3.8) is 0 Å². The Kier molecular flexibility index (Phi) is 7.30. The minimum Gasteiger partial charge on any atom is -0.255 e. The van der Waals surface area contributed by atoms with Crippen molar-refractivity contribution in [2.45, 2.75) is 39.2 Å². The van der Waals surface area contributed by atoms with Gasteiger partial charge in [0.05, 0.1) is 6.10 Å². The molecule has 18 heavy (non-hydrogen) atoms. The Labute approximate surface area is 113 Å². The minimum atomic E-state index is -3.88. The molecule has 0 aliphatic heterocycles. The van der Waals surface area contributed by atoms with E-state index < -0.39 is 20.3 Å². The molecule has 0 bridgehead atoms. The normalized spacial score (nSPS) is 15.1. The van der Waals surface area contributed by atoms with Crippen LogP contribution in [0, 0.1) is 17.1 Å². The fraction of sp³-hybridized carbons (Fsp3) is 0.833. The Bertz CT molecular complexity index is 399. The van der Waals surface area contributed by atoms with Gasteiger partial charge in [-0.05, 0) is 37.5 Å². The Hall–Kier alpha value is -0.220. The molecule has 0 aliphatic carbocycles. The summed E-state index contributed by atoms with van der Waals surface area (Å²) in [6.45, 7) is 4.04. The van der Waals surface area contributed by atoms with Gasteiger partial charge in [-0.1, -0.05) is 25.0 Å². The van der Waals surface area contributed by atoms with Crippen LogP contribution in [-0.2, 0) is 14.5 Å². The molecule has 0 aromatic heterocycles. The molecule has 2 N–H and O–H groups in total. The van der Waals surface area contributed by atoms with Gasteiger partial charge >= 0.3 is 10.3 Å². The average Bonchev–Trinajstić information content (AvgIpc) is 2.06. The number of hydrogen-bond acceptors (Lipinski definition) is 3. The van der Waals surface area contributed by atoms with Gasteiger partial charge in [0.1, 0.15) is 0 Å². The molecule has 0 aliphatic rings. The molecule has 0 heterocycles. The van der Waals surface area contributed by atoms with Gasteiger partial charge in [-0.2, -0.15) is 18.4 Å². The van der Waals surface area contributed by atoms with Gasteiger partial charge in [0, 0.05) is 6.42 Å². The quantitative estimate of drug-likeness (QED) is 0.763. The first-order chi connectivity index (χ1) is 7.99. The molecule has 1 atom stereocenters. The molecule has 108 valence electrons. The lowest BCUT2D eigenvalue weighted by Gasteiger charge is -2.17. The highest BCUT2D eigenvalue weighted by Crippen LogP contribution is 2.32. The second-order valence-corrected chi connectivity index (χ2v) is 10.6. The summed E-state index contributed by atoms with van der Waals surface area (Å²) in [5.74, 6) is 3.45. The van der Waals surface area contributed by atoms with Gasteiger partial charge < -0.3 is 0 Å². The Morgan fingerprint density at radius 1 is 1.22 bits per heavy atom. The van der Waals surface area contributed by atoms with E-state index in [0.717, 1.165) is 0 Å². The van der Waals surface area contributed by atoms with Crippen LogP contribution in [0.25, 0.3) is 0 Å². The first-order valence-electron chi connectivity index (χ1n) is 5.88. The predicted octanol–water partition coefficient (Wildman–Crippen LogP) is 2.06. The average molecular weight is 295 g/mol. The van der Waals surface area contributed by atoms with Gasteiger partial charge in [0.25, 0.3) is 0 Å². The molecule has 0 saturated heterocycles. The molecule has 6 heteroatoms. The first-order valence-corrected chi connectivity index (χ1v) is 10.2. The highest BCUT2D eigenvalue weighted by atomic mass is 32.3. The fourth-order valence-electron chi connectivity index (χ4n) is 1.42. The summed E-state index contributed by atoms with van der Waals surface area (Å²) < 4.78 is 26.7. The lowest BCUT2D eigenvalue weighted by molar-refractivity contribution is 0.174. The van der Waals surface area contributed by atoms with Crippen LogP contribution in [0.1, 0.15) is 33.1 Å². The molecule has 4 nitrogen and oxygen atoms in total. The summed E-state index contributed by atoms with van der Waals surface area (Å²) in [6.07, 6.45) is 7.88. The van der Waals surface area contributed by atoms with Crippen molar-refractivity contribution in [3.8, 4) is 11.2 Å². The Morgan fingerprint density at radius 3 is 2.17 bits per heavy atom. The van der Waals surface area contributed by atoms with Gasteiger partial charge in [-0.15, -0.1) is 0 Å².